The fourth-order valence-electron chi connectivity index (χ4n) is 2.78. The molecule has 20 heavy (non-hydrogen) atoms. The van der Waals surface area contributed by atoms with Gasteiger partial charge in [-0.25, -0.2) is 4.39 Å². The van der Waals surface area contributed by atoms with Gasteiger partial charge in [0.05, 0.1) is 6.10 Å². The number of ether oxygens (including phenoxy) is 1. The molecule has 110 valence electrons. The first-order valence-electron chi connectivity index (χ1n) is 7.57. The van der Waals surface area contributed by atoms with Gasteiger partial charge in [0.15, 0.2) is 5.78 Å². The van der Waals surface area contributed by atoms with Crippen molar-refractivity contribution in [3.63, 3.8) is 0 Å². The molecule has 0 N–H and O–H groups in total. The number of hydrogen-bond donors (Lipinski definition) is 0. The topological polar surface area (TPSA) is 26.3 Å². The summed E-state index contributed by atoms with van der Waals surface area (Å²) in [5.74, 6) is 0.387. The van der Waals surface area contributed by atoms with E-state index in [0.717, 1.165) is 12.8 Å². The second-order valence-corrected chi connectivity index (χ2v) is 5.70. The summed E-state index contributed by atoms with van der Waals surface area (Å²) in [5.41, 5.74) is 0.581. The molecule has 1 aromatic carbocycles. The van der Waals surface area contributed by atoms with Gasteiger partial charge in [-0.15, -0.1) is 0 Å². The summed E-state index contributed by atoms with van der Waals surface area (Å²) in [6, 6.07) is 5.74. The Labute approximate surface area is 120 Å². The zero-order valence-corrected chi connectivity index (χ0v) is 12.1. The highest BCUT2D eigenvalue weighted by Crippen LogP contribution is 2.26. The fourth-order valence-corrected chi connectivity index (χ4v) is 2.78. The van der Waals surface area contributed by atoms with Crippen molar-refractivity contribution < 1.29 is 13.9 Å². The van der Waals surface area contributed by atoms with Crippen LogP contribution in [0, 0.1) is 11.7 Å². The normalized spacial score (nSPS) is 22.7. The smallest absolute Gasteiger partial charge is 0.162 e. The molecule has 3 heteroatoms. The zero-order chi connectivity index (χ0) is 14.4. The van der Waals surface area contributed by atoms with E-state index in [0.29, 0.717) is 30.6 Å². The van der Waals surface area contributed by atoms with Crippen molar-refractivity contribution in [3.05, 3.63) is 35.6 Å². The minimum absolute atomic E-state index is 0.0605. The monoisotopic (exact) mass is 278 g/mol. The van der Waals surface area contributed by atoms with Gasteiger partial charge in [0, 0.05) is 18.6 Å². The van der Waals surface area contributed by atoms with Gasteiger partial charge in [0.25, 0.3) is 0 Å². The molecular weight excluding hydrogens is 255 g/mol. The minimum Gasteiger partial charge on any atom is -0.378 e. The third-order valence-corrected chi connectivity index (χ3v) is 4.08. The molecule has 0 bridgehead atoms. The lowest BCUT2D eigenvalue weighted by molar-refractivity contribution is -0.00611. The molecule has 1 aromatic rings. The van der Waals surface area contributed by atoms with E-state index in [-0.39, 0.29) is 11.6 Å². The Hall–Kier alpha value is -1.22. The van der Waals surface area contributed by atoms with Crippen molar-refractivity contribution in [1.29, 1.82) is 0 Å². The van der Waals surface area contributed by atoms with E-state index in [1.165, 1.54) is 31.4 Å². The molecule has 0 saturated heterocycles. The van der Waals surface area contributed by atoms with Gasteiger partial charge in [-0.1, -0.05) is 19.8 Å². The van der Waals surface area contributed by atoms with Crippen LogP contribution in [-0.2, 0) is 4.74 Å². The number of benzene rings is 1. The van der Waals surface area contributed by atoms with Gasteiger partial charge < -0.3 is 4.74 Å². The van der Waals surface area contributed by atoms with Crippen molar-refractivity contribution in [2.45, 2.75) is 51.6 Å². The van der Waals surface area contributed by atoms with Gasteiger partial charge in [-0.2, -0.15) is 0 Å². The first-order chi connectivity index (χ1) is 9.66. The van der Waals surface area contributed by atoms with Crippen LogP contribution in [0.1, 0.15) is 55.8 Å². The highest BCUT2D eigenvalue weighted by atomic mass is 19.1. The summed E-state index contributed by atoms with van der Waals surface area (Å²) in [7, 11) is 0. The number of hydrogen-bond acceptors (Lipinski definition) is 2. The molecule has 1 fully saturated rings. The quantitative estimate of drug-likeness (QED) is 0.570. The molecule has 2 unspecified atom stereocenters. The molecule has 0 heterocycles. The van der Waals surface area contributed by atoms with Crippen molar-refractivity contribution in [1.82, 2.24) is 0 Å². The molecule has 0 aliphatic heterocycles. The molecular formula is C17H23FO2. The van der Waals surface area contributed by atoms with E-state index in [9.17, 15) is 9.18 Å². The fraction of sp³-hybridized carbons (Fsp3) is 0.588. The van der Waals surface area contributed by atoms with Crippen molar-refractivity contribution >= 4 is 5.78 Å². The number of ketones is 1. The summed E-state index contributed by atoms with van der Waals surface area (Å²) in [6.45, 7) is 2.88. The number of halogens is 1. The molecule has 1 saturated carbocycles. The van der Waals surface area contributed by atoms with Gasteiger partial charge in [-0.3, -0.25) is 4.79 Å². The molecule has 2 atom stereocenters. The predicted octanol–water partition coefficient (Wildman–Crippen LogP) is 4.38. The lowest BCUT2D eigenvalue weighted by Gasteiger charge is -2.28. The first-order valence-corrected chi connectivity index (χ1v) is 7.57. The van der Waals surface area contributed by atoms with Crippen molar-refractivity contribution in [3.8, 4) is 0 Å². The maximum atomic E-state index is 12.8. The summed E-state index contributed by atoms with van der Waals surface area (Å²) < 4.78 is 18.7. The molecule has 2 rings (SSSR count). The van der Waals surface area contributed by atoms with Crippen LogP contribution in [0.15, 0.2) is 24.3 Å². The van der Waals surface area contributed by atoms with E-state index < -0.39 is 0 Å². The van der Waals surface area contributed by atoms with Crippen LogP contribution in [0.25, 0.3) is 0 Å². The standard InChI is InChI=1S/C17H23FO2/c1-13-5-2-3-7-17(13)20-12-4-6-16(19)14-8-10-15(18)11-9-14/h8-11,13,17H,2-7,12H2,1H3. The lowest BCUT2D eigenvalue weighted by atomic mass is 9.88. The van der Waals surface area contributed by atoms with E-state index in [4.69, 9.17) is 4.74 Å². The van der Waals surface area contributed by atoms with E-state index in [1.54, 1.807) is 12.1 Å². The van der Waals surface area contributed by atoms with E-state index in [2.05, 4.69) is 6.92 Å². The maximum Gasteiger partial charge on any atom is 0.162 e. The highest BCUT2D eigenvalue weighted by Gasteiger charge is 2.21. The molecule has 0 radical (unpaired) electrons. The van der Waals surface area contributed by atoms with Crippen molar-refractivity contribution in [2.75, 3.05) is 6.61 Å². The van der Waals surface area contributed by atoms with Crippen LogP contribution >= 0.6 is 0 Å². The summed E-state index contributed by atoms with van der Waals surface area (Å²) in [6.07, 6.45) is 6.52. The van der Waals surface area contributed by atoms with Gasteiger partial charge in [0.2, 0.25) is 0 Å². The van der Waals surface area contributed by atoms with E-state index in [1.807, 2.05) is 0 Å². The molecule has 2 nitrogen and oxygen atoms in total. The predicted molar refractivity (Wildman–Crippen MR) is 77.3 cm³/mol. The van der Waals surface area contributed by atoms with Gasteiger partial charge in [-0.05, 0) is 49.4 Å². The lowest BCUT2D eigenvalue weighted by Crippen LogP contribution is -2.26. The number of rotatable bonds is 6. The average molecular weight is 278 g/mol. The number of carbonyl (C=O) groups is 1. The Morgan fingerprint density at radius 2 is 1.95 bits per heavy atom. The molecule has 1 aliphatic carbocycles. The van der Waals surface area contributed by atoms with Crippen LogP contribution < -0.4 is 0 Å². The largest absolute Gasteiger partial charge is 0.378 e. The summed E-state index contributed by atoms with van der Waals surface area (Å²) in [4.78, 5) is 11.9. The van der Waals surface area contributed by atoms with Crippen LogP contribution in [-0.4, -0.2) is 18.5 Å². The third-order valence-electron chi connectivity index (χ3n) is 4.08. The highest BCUT2D eigenvalue weighted by molar-refractivity contribution is 5.95. The second-order valence-electron chi connectivity index (χ2n) is 5.70. The van der Waals surface area contributed by atoms with Gasteiger partial charge in [0.1, 0.15) is 5.82 Å². The molecule has 1 aliphatic rings. The Morgan fingerprint density at radius 1 is 1.25 bits per heavy atom. The van der Waals surface area contributed by atoms with Crippen LogP contribution in [0.2, 0.25) is 0 Å². The SMILES string of the molecule is CC1CCCCC1OCCCC(=O)c1ccc(F)cc1. The Morgan fingerprint density at radius 3 is 2.65 bits per heavy atom. The summed E-state index contributed by atoms with van der Waals surface area (Å²) in [5, 5.41) is 0. The Bertz CT molecular complexity index is 427. The van der Waals surface area contributed by atoms with Crippen LogP contribution in [0.3, 0.4) is 0 Å². The summed E-state index contributed by atoms with van der Waals surface area (Å²) >= 11 is 0. The molecule has 0 amide bonds. The first kappa shape index (κ1) is 15.2. The molecule has 0 spiro atoms. The maximum absolute atomic E-state index is 12.8. The average Bonchev–Trinajstić information content (AvgIpc) is 2.46. The van der Waals surface area contributed by atoms with E-state index >= 15 is 0 Å². The minimum atomic E-state index is -0.309. The second kappa shape index (κ2) is 7.53. The Kier molecular flexibility index (Phi) is 5.72. The zero-order valence-electron chi connectivity index (χ0n) is 12.1. The Balaban J connectivity index is 1.67. The van der Waals surface area contributed by atoms with Crippen molar-refractivity contribution in [2.24, 2.45) is 5.92 Å². The number of Topliss-reactive ketones (excluding diaryl/α,β-unsaturated/α-hetero) is 1. The molecule has 0 aromatic heterocycles. The van der Waals surface area contributed by atoms with Crippen LogP contribution in [0.4, 0.5) is 4.39 Å². The van der Waals surface area contributed by atoms with Gasteiger partial charge >= 0.3 is 0 Å². The third kappa shape index (κ3) is 4.41. The number of carbonyl (C=O) groups excluding carboxylic acids is 1. The van der Waals surface area contributed by atoms with Crippen LogP contribution in [0.5, 0.6) is 0 Å².